The van der Waals surface area contributed by atoms with Crippen LogP contribution in [-0.4, -0.2) is 49.3 Å². The van der Waals surface area contributed by atoms with Gasteiger partial charge in [0.05, 0.1) is 19.4 Å². The second kappa shape index (κ2) is 8.25. The van der Waals surface area contributed by atoms with Crippen molar-refractivity contribution in [2.45, 2.75) is 26.3 Å². The number of hydrogen-bond donors (Lipinski definition) is 0. The number of carbonyl (C=O) groups excluding carboxylic acids is 2. The highest BCUT2D eigenvalue weighted by molar-refractivity contribution is 6.04. The molecule has 3 rings (SSSR count). The Bertz CT molecular complexity index is 919. The number of ether oxygens (including phenoxy) is 1. The zero-order valence-electron chi connectivity index (χ0n) is 16.6. The molecule has 1 saturated heterocycles. The average molecular weight is 380 g/mol. The van der Waals surface area contributed by atoms with Crippen molar-refractivity contribution in [2.24, 2.45) is 5.16 Å². The van der Waals surface area contributed by atoms with Crippen molar-refractivity contribution in [3.63, 3.8) is 0 Å². The summed E-state index contributed by atoms with van der Waals surface area (Å²) in [6.07, 6.45) is 0.312. The second-order valence-electron chi connectivity index (χ2n) is 6.84. The van der Waals surface area contributed by atoms with Crippen molar-refractivity contribution >= 4 is 17.6 Å². The largest absolute Gasteiger partial charge is 0.467 e. The summed E-state index contributed by atoms with van der Waals surface area (Å²) in [5, 5.41) is 3.90. The molecule has 1 heterocycles. The Morgan fingerprint density at radius 2 is 1.79 bits per heavy atom. The zero-order chi connectivity index (χ0) is 20.3. The van der Waals surface area contributed by atoms with E-state index in [0.717, 1.165) is 11.1 Å². The lowest BCUT2D eigenvalue weighted by Gasteiger charge is -2.22. The van der Waals surface area contributed by atoms with E-state index in [0.29, 0.717) is 17.7 Å². The minimum absolute atomic E-state index is 0.232. The van der Waals surface area contributed by atoms with E-state index in [9.17, 15) is 9.59 Å². The van der Waals surface area contributed by atoms with E-state index in [1.807, 2.05) is 18.2 Å². The quantitative estimate of drug-likeness (QED) is 0.602. The molecule has 0 N–H and O–H groups in total. The van der Waals surface area contributed by atoms with E-state index < -0.39 is 12.0 Å². The van der Waals surface area contributed by atoms with Crippen LogP contribution in [0.4, 0.5) is 0 Å². The molecule has 1 aliphatic heterocycles. The van der Waals surface area contributed by atoms with Gasteiger partial charge in [-0.3, -0.25) is 4.79 Å². The van der Waals surface area contributed by atoms with Gasteiger partial charge in [-0.2, -0.15) is 0 Å². The van der Waals surface area contributed by atoms with Gasteiger partial charge in [-0.05, 0) is 48.2 Å². The van der Waals surface area contributed by atoms with Gasteiger partial charge in [-0.25, -0.2) is 4.79 Å². The van der Waals surface area contributed by atoms with Gasteiger partial charge in [-0.15, -0.1) is 0 Å². The fourth-order valence-corrected chi connectivity index (χ4v) is 3.48. The molecule has 6 heteroatoms. The summed E-state index contributed by atoms with van der Waals surface area (Å²) in [6.45, 7) is 4.41. The number of hydrogen-bond acceptors (Lipinski definition) is 5. The molecule has 2 aromatic rings. The molecule has 1 amide bonds. The normalized spacial score (nSPS) is 17.6. The molecule has 0 bridgehead atoms. The third kappa shape index (κ3) is 3.76. The van der Waals surface area contributed by atoms with E-state index in [1.54, 1.807) is 12.1 Å². The highest BCUT2D eigenvalue weighted by atomic mass is 16.6. The maximum absolute atomic E-state index is 13.0. The Morgan fingerprint density at radius 1 is 1.07 bits per heavy atom. The molecule has 0 radical (unpaired) electrons. The SMILES string of the molecule is CON=C1CC(C(=O)OC)N(C(=O)c2ccc(-c3cccc(C)c3C)cc2)C1. The zero-order valence-corrected chi connectivity index (χ0v) is 16.6. The molecule has 2 aromatic carbocycles. The predicted octanol–water partition coefficient (Wildman–Crippen LogP) is 3.36. The van der Waals surface area contributed by atoms with Crippen LogP contribution < -0.4 is 0 Å². The van der Waals surface area contributed by atoms with Crippen LogP contribution in [0.1, 0.15) is 27.9 Å². The van der Waals surface area contributed by atoms with Crippen LogP contribution in [-0.2, 0) is 14.4 Å². The Hall–Kier alpha value is -3.15. The minimum Gasteiger partial charge on any atom is -0.467 e. The molecule has 6 nitrogen and oxygen atoms in total. The minimum atomic E-state index is -0.690. The number of benzene rings is 2. The lowest BCUT2D eigenvalue weighted by molar-refractivity contribution is -0.145. The van der Waals surface area contributed by atoms with Crippen LogP contribution in [0.5, 0.6) is 0 Å². The van der Waals surface area contributed by atoms with Crippen LogP contribution in [0.3, 0.4) is 0 Å². The number of esters is 1. The number of nitrogens with zero attached hydrogens (tertiary/aromatic N) is 2. The molecule has 1 aliphatic rings. The summed E-state index contributed by atoms with van der Waals surface area (Å²) in [5.74, 6) is -0.689. The molecule has 1 atom stereocenters. The summed E-state index contributed by atoms with van der Waals surface area (Å²) in [5.41, 5.74) is 5.78. The molecule has 146 valence electrons. The Kier molecular flexibility index (Phi) is 5.78. The fraction of sp³-hybridized carbons (Fsp3) is 0.318. The maximum atomic E-state index is 13.0. The predicted molar refractivity (Wildman–Crippen MR) is 107 cm³/mol. The van der Waals surface area contributed by atoms with Gasteiger partial charge in [0.2, 0.25) is 0 Å². The van der Waals surface area contributed by atoms with Crippen molar-refractivity contribution < 1.29 is 19.2 Å². The first-order valence-electron chi connectivity index (χ1n) is 9.10. The first-order valence-corrected chi connectivity index (χ1v) is 9.10. The van der Waals surface area contributed by atoms with Crippen LogP contribution in [0.15, 0.2) is 47.6 Å². The standard InChI is InChI=1S/C22H24N2O4/c1-14-6-5-7-19(15(14)2)16-8-10-17(11-9-16)21(25)24-13-18(23-28-4)12-20(24)22(26)27-3/h5-11,20H,12-13H2,1-4H3. The molecular weight excluding hydrogens is 356 g/mol. The Balaban J connectivity index is 1.86. The number of likely N-dealkylation sites (tertiary alicyclic amines) is 1. The highest BCUT2D eigenvalue weighted by Gasteiger charge is 2.39. The molecule has 0 aliphatic carbocycles. The van der Waals surface area contributed by atoms with E-state index in [4.69, 9.17) is 9.57 Å². The monoisotopic (exact) mass is 380 g/mol. The molecule has 1 unspecified atom stereocenters. The topological polar surface area (TPSA) is 68.2 Å². The van der Waals surface area contributed by atoms with Gasteiger partial charge < -0.3 is 14.5 Å². The highest BCUT2D eigenvalue weighted by Crippen LogP contribution is 2.27. The number of amides is 1. The molecule has 1 fully saturated rings. The Morgan fingerprint density at radius 3 is 2.43 bits per heavy atom. The second-order valence-corrected chi connectivity index (χ2v) is 6.84. The summed E-state index contributed by atoms with van der Waals surface area (Å²) < 4.78 is 4.85. The van der Waals surface area contributed by atoms with Gasteiger partial charge in [0, 0.05) is 12.0 Å². The number of rotatable bonds is 4. The number of methoxy groups -OCH3 is 1. The number of aryl methyl sites for hydroxylation is 1. The summed E-state index contributed by atoms with van der Waals surface area (Å²) in [4.78, 5) is 31.4. The molecule has 0 aromatic heterocycles. The summed E-state index contributed by atoms with van der Waals surface area (Å²) >= 11 is 0. The molecule has 28 heavy (non-hydrogen) atoms. The van der Waals surface area contributed by atoms with Crippen molar-refractivity contribution in [3.8, 4) is 11.1 Å². The first-order chi connectivity index (χ1) is 13.5. The fourth-order valence-electron chi connectivity index (χ4n) is 3.48. The summed E-state index contributed by atoms with van der Waals surface area (Å²) in [6, 6.07) is 12.9. The summed E-state index contributed by atoms with van der Waals surface area (Å²) in [7, 11) is 2.76. The lowest BCUT2D eigenvalue weighted by atomic mass is 9.96. The average Bonchev–Trinajstić information content (AvgIpc) is 3.13. The van der Waals surface area contributed by atoms with Crippen molar-refractivity contribution in [3.05, 3.63) is 59.2 Å². The van der Waals surface area contributed by atoms with Gasteiger partial charge in [0.1, 0.15) is 13.2 Å². The molecule has 0 spiro atoms. The molecular formula is C22H24N2O4. The third-order valence-corrected chi connectivity index (χ3v) is 5.16. The smallest absolute Gasteiger partial charge is 0.329 e. The van der Waals surface area contributed by atoms with Crippen molar-refractivity contribution in [1.82, 2.24) is 4.90 Å². The first kappa shape index (κ1) is 19.6. The van der Waals surface area contributed by atoms with E-state index in [2.05, 4.69) is 31.1 Å². The van der Waals surface area contributed by atoms with Crippen molar-refractivity contribution in [2.75, 3.05) is 20.8 Å². The number of carbonyl (C=O) groups is 2. The van der Waals surface area contributed by atoms with E-state index in [1.165, 1.54) is 30.2 Å². The van der Waals surface area contributed by atoms with Crippen LogP contribution in [0.25, 0.3) is 11.1 Å². The van der Waals surface area contributed by atoms with E-state index in [-0.39, 0.29) is 12.5 Å². The third-order valence-electron chi connectivity index (χ3n) is 5.16. The molecule has 0 saturated carbocycles. The van der Waals surface area contributed by atoms with Gasteiger partial charge in [0.25, 0.3) is 5.91 Å². The van der Waals surface area contributed by atoms with Crippen LogP contribution in [0, 0.1) is 13.8 Å². The van der Waals surface area contributed by atoms with E-state index >= 15 is 0 Å². The van der Waals surface area contributed by atoms with Crippen LogP contribution >= 0.6 is 0 Å². The maximum Gasteiger partial charge on any atom is 0.329 e. The van der Waals surface area contributed by atoms with Gasteiger partial charge >= 0.3 is 5.97 Å². The lowest BCUT2D eigenvalue weighted by Crippen LogP contribution is -2.41. The van der Waals surface area contributed by atoms with Gasteiger partial charge in [0.15, 0.2) is 0 Å². The van der Waals surface area contributed by atoms with Gasteiger partial charge in [-0.1, -0.05) is 35.5 Å². The Labute approximate surface area is 164 Å². The van der Waals surface area contributed by atoms with Crippen LogP contribution in [0.2, 0.25) is 0 Å². The number of oxime groups is 1. The van der Waals surface area contributed by atoms with Crippen molar-refractivity contribution in [1.29, 1.82) is 0 Å².